The topological polar surface area (TPSA) is 25.8 Å². The summed E-state index contributed by atoms with van der Waals surface area (Å²) in [6, 6.07) is 9.00. The summed E-state index contributed by atoms with van der Waals surface area (Å²) in [6.45, 7) is 7.60. The third kappa shape index (κ3) is 3.83. The van der Waals surface area contributed by atoms with Gasteiger partial charge in [-0.25, -0.2) is 0 Å². The molecule has 0 saturated carbocycles. The van der Waals surface area contributed by atoms with E-state index in [9.17, 15) is 0 Å². The van der Waals surface area contributed by atoms with Gasteiger partial charge in [0.05, 0.1) is 0 Å². The lowest BCUT2D eigenvalue weighted by Crippen LogP contribution is -2.84. The van der Waals surface area contributed by atoms with E-state index in [1.54, 1.807) is 0 Å². The fourth-order valence-electron chi connectivity index (χ4n) is 2.30. The summed E-state index contributed by atoms with van der Waals surface area (Å²) in [5.74, 6) is 0.625. The molecule has 1 aromatic carbocycles. The maximum absolute atomic E-state index is 5.61. The molecule has 17 heavy (non-hydrogen) atoms. The molecule has 0 unspecified atom stereocenters. The summed E-state index contributed by atoms with van der Waals surface area (Å²) in [4.78, 5) is 0. The van der Waals surface area contributed by atoms with Crippen LogP contribution in [0.4, 0.5) is 0 Å². The number of nitrogens with two attached hydrogens (primary N) is 1. The van der Waals surface area contributed by atoms with Crippen molar-refractivity contribution in [2.75, 3.05) is 13.2 Å². The standard InChI is InChI=1S/C15H23NO/c1-12(2)14-7-5-13(6-8-14)10-16-11-15-4-3-9-17-15/h5-8,12,15-16H,3-4,9-11H2,1-2H3/p+1/t15-/m1/s1. The van der Waals surface area contributed by atoms with E-state index < -0.39 is 0 Å². The lowest BCUT2D eigenvalue weighted by molar-refractivity contribution is -0.676. The molecule has 1 fully saturated rings. The van der Waals surface area contributed by atoms with E-state index in [1.807, 2.05) is 0 Å². The van der Waals surface area contributed by atoms with Gasteiger partial charge in [0, 0.05) is 12.2 Å². The van der Waals surface area contributed by atoms with Gasteiger partial charge in [-0.2, -0.15) is 0 Å². The molecule has 0 aliphatic carbocycles. The number of hydrogen-bond donors (Lipinski definition) is 1. The highest BCUT2D eigenvalue weighted by molar-refractivity contribution is 5.23. The van der Waals surface area contributed by atoms with E-state index in [4.69, 9.17) is 4.74 Å². The number of quaternary nitrogens is 1. The fraction of sp³-hybridized carbons (Fsp3) is 0.600. The first kappa shape index (κ1) is 12.6. The van der Waals surface area contributed by atoms with Crippen LogP contribution in [0.5, 0.6) is 0 Å². The Hall–Kier alpha value is -0.860. The molecule has 1 aromatic rings. The van der Waals surface area contributed by atoms with Gasteiger partial charge in [-0.3, -0.25) is 0 Å². The van der Waals surface area contributed by atoms with Crippen LogP contribution >= 0.6 is 0 Å². The lowest BCUT2D eigenvalue weighted by atomic mass is 10.0. The first-order valence-electron chi connectivity index (χ1n) is 6.78. The van der Waals surface area contributed by atoms with Crippen LogP contribution in [-0.2, 0) is 11.3 Å². The minimum atomic E-state index is 0.491. The zero-order chi connectivity index (χ0) is 12.1. The molecule has 0 amide bonds. The molecule has 1 saturated heterocycles. The third-order valence-electron chi connectivity index (χ3n) is 3.48. The van der Waals surface area contributed by atoms with Crippen LogP contribution in [0, 0.1) is 0 Å². The van der Waals surface area contributed by atoms with Gasteiger partial charge in [0.1, 0.15) is 19.2 Å². The predicted octanol–water partition coefficient (Wildman–Crippen LogP) is 2.05. The van der Waals surface area contributed by atoms with E-state index in [0.29, 0.717) is 12.0 Å². The van der Waals surface area contributed by atoms with E-state index in [2.05, 4.69) is 43.4 Å². The molecule has 94 valence electrons. The van der Waals surface area contributed by atoms with Gasteiger partial charge in [-0.05, 0) is 24.3 Å². The Balaban J connectivity index is 1.74. The first-order valence-corrected chi connectivity index (χ1v) is 6.78. The fourth-order valence-corrected chi connectivity index (χ4v) is 2.30. The van der Waals surface area contributed by atoms with E-state index in [0.717, 1.165) is 19.7 Å². The molecule has 1 aliphatic heterocycles. The number of ether oxygens (including phenoxy) is 1. The molecule has 2 N–H and O–H groups in total. The van der Waals surface area contributed by atoms with Crippen LogP contribution in [0.1, 0.15) is 43.7 Å². The minimum absolute atomic E-state index is 0.491. The molecule has 2 heteroatoms. The van der Waals surface area contributed by atoms with Crippen LogP contribution in [0.15, 0.2) is 24.3 Å². The normalized spacial score (nSPS) is 20.1. The Morgan fingerprint density at radius 1 is 1.29 bits per heavy atom. The zero-order valence-corrected chi connectivity index (χ0v) is 11.0. The summed E-state index contributed by atoms with van der Waals surface area (Å²) in [7, 11) is 0. The Morgan fingerprint density at radius 2 is 2.06 bits per heavy atom. The summed E-state index contributed by atoms with van der Waals surface area (Å²) in [5, 5.41) is 2.36. The smallest absolute Gasteiger partial charge is 0.106 e. The molecular formula is C15H24NO+. The van der Waals surface area contributed by atoms with Crippen molar-refractivity contribution in [3.05, 3.63) is 35.4 Å². The third-order valence-corrected chi connectivity index (χ3v) is 3.48. The maximum atomic E-state index is 5.61. The highest BCUT2D eigenvalue weighted by Crippen LogP contribution is 2.14. The van der Waals surface area contributed by atoms with Crippen molar-refractivity contribution in [2.24, 2.45) is 0 Å². The Labute approximate surface area is 104 Å². The highest BCUT2D eigenvalue weighted by atomic mass is 16.5. The van der Waals surface area contributed by atoms with Crippen LogP contribution in [0.2, 0.25) is 0 Å². The zero-order valence-electron chi connectivity index (χ0n) is 11.0. The van der Waals surface area contributed by atoms with Crippen LogP contribution in [0.25, 0.3) is 0 Å². The van der Waals surface area contributed by atoms with Gasteiger partial charge in [-0.15, -0.1) is 0 Å². The first-order chi connectivity index (χ1) is 8.25. The minimum Gasteiger partial charge on any atom is -0.372 e. The molecule has 0 spiro atoms. The van der Waals surface area contributed by atoms with Crippen molar-refractivity contribution in [1.29, 1.82) is 0 Å². The lowest BCUT2D eigenvalue weighted by Gasteiger charge is -2.09. The summed E-state index contributed by atoms with van der Waals surface area (Å²) in [5.41, 5.74) is 2.83. The largest absolute Gasteiger partial charge is 0.372 e. The summed E-state index contributed by atoms with van der Waals surface area (Å²) in [6.07, 6.45) is 2.97. The molecule has 0 aromatic heterocycles. The average Bonchev–Trinajstić information content (AvgIpc) is 2.83. The maximum Gasteiger partial charge on any atom is 0.106 e. The van der Waals surface area contributed by atoms with Crippen LogP contribution in [-0.4, -0.2) is 19.3 Å². The monoisotopic (exact) mass is 234 g/mol. The Morgan fingerprint density at radius 3 is 2.65 bits per heavy atom. The summed E-state index contributed by atoms with van der Waals surface area (Å²) >= 11 is 0. The van der Waals surface area contributed by atoms with Gasteiger partial charge in [0.25, 0.3) is 0 Å². The van der Waals surface area contributed by atoms with Gasteiger partial charge < -0.3 is 10.1 Å². The summed E-state index contributed by atoms with van der Waals surface area (Å²) < 4.78 is 5.61. The Bertz CT molecular complexity index is 325. The van der Waals surface area contributed by atoms with Crippen molar-refractivity contribution >= 4 is 0 Å². The number of rotatable bonds is 5. The molecule has 2 nitrogen and oxygen atoms in total. The van der Waals surface area contributed by atoms with Gasteiger partial charge >= 0.3 is 0 Å². The number of hydrogen-bond acceptors (Lipinski definition) is 1. The van der Waals surface area contributed by atoms with Gasteiger partial charge in [0.2, 0.25) is 0 Å². The second-order valence-corrected chi connectivity index (χ2v) is 5.26. The molecule has 1 heterocycles. The van der Waals surface area contributed by atoms with Crippen molar-refractivity contribution < 1.29 is 10.1 Å². The van der Waals surface area contributed by atoms with E-state index >= 15 is 0 Å². The quantitative estimate of drug-likeness (QED) is 0.829. The highest BCUT2D eigenvalue weighted by Gasteiger charge is 2.16. The molecule has 1 atom stereocenters. The molecule has 1 aliphatic rings. The van der Waals surface area contributed by atoms with Gasteiger partial charge in [0.15, 0.2) is 0 Å². The van der Waals surface area contributed by atoms with Crippen LogP contribution < -0.4 is 5.32 Å². The van der Waals surface area contributed by atoms with Crippen molar-refractivity contribution in [3.63, 3.8) is 0 Å². The molecule has 0 radical (unpaired) electrons. The van der Waals surface area contributed by atoms with Gasteiger partial charge in [-0.1, -0.05) is 38.1 Å². The van der Waals surface area contributed by atoms with E-state index in [1.165, 1.54) is 24.0 Å². The SMILES string of the molecule is CC(C)c1ccc(C[NH2+]C[C@H]2CCCO2)cc1. The second-order valence-electron chi connectivity index (χ2n) is 5.26. The van der Waals surface area contributed by atoms with Crippen molar-refractivity contribution in [3.8, 4) is 0 Å². The van der Waals surface area contributed by atoms with Crippen molar-refractivity contribution in [2.45, 2.75) is 45.3 Å². The average molecular weight is 234 g/mol. The molecule has 0 bridgehead atoms. The Kier molecular flexibility index (Phi) is 4.57. The predicted molar refractivity (Wildman–Crippen MR) is 70.0 cm³/mol. The molecular weight excluding hydrogens is 210 g/mol. The van der Waals surface area contributed by atoms with E-state index in [-0.39, 0.29) is 0 Å². The second kappa shape index (κ2) is 6.18. The van der Waals surface area contributed by atoms with Crippen LogP contribution in [0.3, 0.4) is 0 Å². The van der Waals surface area contributed by atoms with Crippen molar-refractivity contribution in [1.82, 2.24) is 0 Å². The molecule has 2 rings (SSSR count). The number of benzene rings is 1.